The summed E-state index contributed by atoms with van der Waals surface area (Å²) in [6.45, 7) is 0. The van der Waals surface area contributed by atoms with Gasteiger partial charge in [0.2, 0.25) is 5.62 Å². The van der Waals surface area contributed by atoms with Crippen molar-refractivity contribution >= 4 is 16.7 Å². The van der Waals surface area contributed by atoms with E-state index < -0.39 is 5.41 Å². The number of benzene rings is 2. The van der Waals surface area contributed by atoms with Crippen molar-refractivity contribution in [2.45, 2.75) is 18.3 Å². The standard InChI is InChI=1S/C22H17FN6/c23-17-6-3-14(4-7-17)19-13-27-21(25)29(28-19)20(24)22(9-10-22)16-5-8-18-15(12-16)2-1-11-26-18/h1-8,11-13,24-25H,9-10H2. The van der Waals surface area contributed by atoms with E-state index in [4.69, 9.17) is 10.8 Å². The Morgan fingerprint density at radius 1 is 1.03 bits per heavy atom. The molecule has 142 valence electrons. The molecule has 0 amide bonds. The molecule has 29 heavy (non-hydrogen) atoms. The summed E-state index contributed by atoms with van der Waals surface area (Å²) in [5.74, 6) is -0.107. The number of nitrogens with zero attached hydrogens (tertiary/aromatic N) is 4. The summed E-state index contributed by atoms with van der Waals surface area (Å²) in [6, 6.07) is 15.9. The van der Waals surface area contributed by atoms with Crippen molar-refractivity contribution in [3.05, 3.63) is 84.0 Å². The third kappa shape index (κ3) is 2.91. The third-order valence-corrected chi connectivity index (χ3v) is 5.43. The predicted octanol–water partition coefficient (Wildman–Crippen LogP) is 3.67. The summed E-state index contributed by atoms with van der Waals surface area (Å²) in [6.07, 6.45) is 4.86. The lowest BCUT2D eigenvalue weighted by Gasteiger charge is -2.19. The molecule has 7 heteroatoms. The van der Waals surface area contributed by atoms with Gasteiger partial charge in [0, 0.05) is 17.1 Å². The van der Waals surface area contributed by atoms with Crippen LogP contribution in [0.4, 0.5) is 4.39 Å². The fraction of sp³-hybridized carbons (Fsp3) is 0.136. The van der Waals surface area contributed by atoms with Gasteiger partial charge < -0.3 is 0 Å². The minimum Gasteiger partial charge on any atom is -0.286 e. The van der Waals surface area contributed by atoms with Crippen LogP contribution < -0.4 is 5.62 Å². The predicted molar refractivity (Wildman–Crippen MR) is 107 cm³/mol. The normalized spacial score (nSPS) is 14.7. The Kier molecular flexibility index (Phi) is 3.84. The zero-order valence-corrected chi connectivity index (χ0v) is 15.4. The monoisotopic (exact) mass is 384 g/mol. The molecule has 0 radical (unpaired) electrons. The van der Waals surface area contributed by atoms with Crippen molar-refractivity contribution in [1.29, 1.82) is 10.8 Å². The quantitative estimate of drug-likeness (QED) is 0.417. The van der Waals surface area contributed by atoms with Crippen LogP contribution in [-0.2, 0) is 5.41 Å². The number of hydrogen-bond acceptors (Lipinski definition) is 5. The highest BCUT2D eigenvalue weighted by atomic mass is 19.1. The van der Waals surface area contributed by atoms with E-state index in [0.29, 0.717) is 11.3 Å². The molecule has 5 rings (SSSR count). The molecule has 0 unspecified atom stereocenters. The number of fused-ring (bicyclic) bond motifs is 1. The molecule has 2 aromatic heterocycles. The van der Waals surface area contributed by atoms with Gasteiger partial charge in [0.05, 0.1) is 17.1 Å². The Morgan fingerprint density at radius 3 is 2.59 bits per heavy atom. The molecule has 0 spiro atoms. The van der Waals surface area contributed by atoms with Crippen LogP contribution >= 0.6 is 0 Å². The summed E-state index contributed by atoms with van der Waals surface area (Å²) in [5.41, 5.74) is 2.51. The second kappa shape index (κ2) is 6.41. The van der Waals surface area contributed by atoms with E-state index in [-0.39, 0.29) is 17.3 Å². The third-order valence-electron chi connectivity index (χ3n) is 5.43. The van der Waals surface area contributed by atoms with Crippen LogP contribution in [-0.4, -0.2) is 25.6 Å². The van der Waals surface area contributed by atoms with Gasteiger partial charge in [-0.3, -0.25) is 15.8 Å². The number of rotatable bonds is 3. The van der Waals surface area contributed by atoms with E-state index in [0.717, 1.165) is 29.3 Å². The maximum absolute atomic E-state index is 13.2. The molecule has 0 bridgehead atoms. The van der Waals surface area contributed by atoms with Gasteiger partial charge in [-0.15, -0.1) is 0 Å². The first-order chi connectivity index (χ1) is 14.1. The van der Waals surface area contributed by atoms with E-state index in [2.05, 4.69) is 21.1 Å². The van der Waals surface area contributed by atoms with Gasteiger partial charge in [-0.2, -0.15) is 9.78 Å². The lowest BCUT2D eigenvalue weighted by Crippen LogP contribution is -2.38. The summed E-state index contributed by atoms with van der Waals surface area (Å²) >= 11 is 0. The molecular formula is C22H17FN6. The molecule has 0 atom stereocenters. The second-order valence-electron chi connectivity index (χ2n) is 7.23. The van der Waals surface area contributed by atoms with E-state index in [9.17, 15) is 4.39 Å². The van der Waals surface area contributed by atoms with Gasteiger partial charge in [0.25, 0.3) is 0 Å². The molecule has 1 aliphatic carbocycles. The fourth-order valence-corrected chi connectivity index (χ4v) is 3.63. The Bertz CT molecular complexity index is 1300. The number of aromatic nitrogens is 4. The van der Waals surface area contributed by atoms with Crippen molar-refractivity contribution in [2.24, 2.45) is 0 Å². The van der Waals surface area contributed by atoms with Gasteiger partial charge >= 0.3 is 0 Å². The van der Waals surface area contributed by atoms with Crippen LogP contribution in [0, 0.1) is 16.6 Å². The van der Waals surface area contributed by atoms with Crippen LogP contribution in [0.3, 0.4) is 0 Å². The SMILES string of the molecule is N=C(n1nc(-c2ccc(F)cc2)cnc1=N)C1(c2ccc3ncccc3c2)CC1. The summed E-state index contributed by atoms with van der Waals surface area (Å²) < 4.78 is 14.5. The molecule has 0 saturated heterocycles. The van der Waals surface area contributed by atoms with Crippen molar-refractivity contribution < 1.29 is 4.39 Å². The molecule has 1 fully saturated rings. The van der Waals surface area contributed by atoms with E-state index in [1.165, 1.54) is 23.0 Å². The Balaban J connectivity index is 1.56. The number of nitrogens with one attached hydrogen (secondary N) is 2. The Labute approximate surface area is 165 Å². The minimum atomic E-state index is -0.486. The highest BCUT2D eigenvalue weighted by Gasteiger charge is 2.50. The molecular weight excluding hydrogens is 367 g/mol. The summed E-state index contributed by atoms with van der Waals surface area (Å²) in [4.78, 5) is 8.46. The number of halogens is 1. The first kappa shape index (κ1) is 17.4. The second-order valence-corrected chi connectivity index (χ2v) is 7.23. The van der Waals surface area contributed by atoms with Gasteiger partial charge in [-0.05, 0) is 60.9 Å². The lowest BCUT2D eigenvalue weighted by atomic mass is 9.93. The zero-order chi connectivity index (χ0) is 20.0. The average molecular weight is 384 g/mol. The van der Waals surface area contributed by atoms with Gasteiger partial charge in [-0.25, -0.2) is 9.37 Å². The van der Waals surface area contributed by atoms with Crippen LogP contribution in [0.1, 0.15) is 18.4 Å². The molecule has 2 heterocycles. The maximum atomic E-state index is 13.2. The van der Waals surface area contributed by atoms with E-state index >= 15 is 0 Å². The van der Waals surface area contributed by atoms with Gasteiger partial charge in [-0.1, -0.05) is 12.1 Å². The Hall–Kier alpha value is -3.74. The van der Waals surface area contributed by atoms with Crippen LogP contribution in [0.5, 0.6) is 0 Å². The Morgan fingerprint density at radius 2 is 1.83 bits per heavy atom. The number of pyridine rings is 1. The summed E-state index contributed by atoms with van der Waals surface area (Å²) in [5, 5.41) is 22.5. The molecule has 0 aliphatic heterocycles. The first-order valence-electron chi connectivity index (χ1n) is 9.28. The summed E-state index contributed by atoms with van der Waals surface area (Å²) in [7, 11) is 0. The van der Waals surface area contributed by atoms with Crippen LogP contribution in [0.15, 0.2) is 67.0 Å². The minimum absolute atomic E-state index is 0.102. The highest BCUT2D eigenvalue weighted by molar-refractivity contribution is 5.95. The van der Waals surface area contributed by atoms with E-state index in [1.54, 1.807) is 18.3 Å². The molecule has 6 nitrogen and oxygen atoms in total. The maximum Gasteiger partial charge on any atom is 0.244 e. The molecule has 2 aromatic carbocycles. The van der Waals surface area contributed by atoms with E-state index in [1.807, 2.05) is 24.3 Å². The smallest absolute Gasteiger partial charge is 0.244 e. The largest absolute Gasteiger partial charge is 0.286 e. The number of hydrogen-bond donors (Lipinski definition) is 2. The zero-order valence-electron chi connectivity index (χ0n) is 15.4. The molecule has 4 aromatic rings. The van der Waals surface area contributed by atoms with Crippen molar-refractivity contribution in [2.75, 3.05) is 0 Å². The molecule has 1 saturated carbocycles. The van der Waals surface area contributed by atoms with Crippen LogP contribution in [0.25, 0.3) is 22.2 Å². The molecule has 2 N–H and O–H groups in total. The highest BCUT2D eigenvalue weighted by Crippen LogP contribution is 2.49. The average Bonchev–Trinajstić information content (AvgIpc) is 3.56. The first-order valence-corrected chi connectivity index (χ1v) is 9.28. The fourth-order valence-electron chi connectivity index (χ4n) is 3.63. The van der Waals surface area contributed by atoms with Crippen molar-refractivity contribution in [3.8, 4) is 11.3 Å². The lowest BCUT2D eigenvalue weighted by molar-refractivity contribution is 0.628. The molecule has 1 aliphatic rings. The van der Waals surface area contributed by atoms with Gasteiger partial charge in [0.15, 0.2) is 0 Å². The topological polar surface area (TPSA) is 91.3 Å². The van der Waals surface area contributed by atoms with Crippen molar-refractivity contribution in [1.82, 2.24) is 19.7 Å². The van der Waals surface area contributed by atoms with Crippen LogP contribution in [0.2, 0.25) is 0 Å². The van der Waals surface area contributed by atoms with Gasteiger partial charge in [0.1, 0.15) is 17.3 Å². The van der Waals surface area contributed by atoms with Crippen molar-refractivity contribution in [3.63, 3.8) is 0 Å².